The summed E-state index contributed by atoms with van der Waals surface area (Å²) in [6.07, 6.45) is 7.02. The fourth-order valence-corrected chi connectivity index (χ4v) is 3.07. The minimum absolute atomic E-state index is 0.0735. The van der Waals surface area contributed by atoms with Crippen LogP contribution in [0.4, 0.5) is 0 Å². The molecule has 0 saturated heterocycles. The third-order valence-corrected chi connectivity index (χ3v) is 4.06. The SMILES string of the molecule is CNC1CCCc2c1ccc(=O)n2Cc1cnn(C)c1. The average molecular weight is 272 g/mol. The largest absolute Gasteiger partial charge is 0.313 e. The minimum atomic E-state index is 0.0735. The quantitative estimate of drug-likeness (QED) is 0.914. The molecule has 0 aromatic carbocycles. The van der Waals surface area contributed by atoms with Gasteiger partial charge in [-0.1, -0.05) is 6.07 Å². The van der Waals surface area contributed by atoms with Crippen LogP contribution in [0.15, 0.2) is 29.3 Å². The topological polar surface area (TPSA) is 51.9 Å². The lowest BCUT2D eigenvalue weighted by atomic mass is 9.91. The van der Waals surface area contributed by atoms with E-state index in [1.807, 2.05) is 37.1 Å². The third-order valence-electron chi connectivity index (χ3n) is 4.06. The van der Waals surface area contributed by atoms with Gasteiger partial charge >= 0.3 is 0 Å². The van der Waals surface area contributed by atoms with Crippen LogP contribution in [-0.2, 0) is 20.0 Å². The van der Waals surface area contributed by atoms with Crippen LogP contribution in [0, 0.1) is 0 Å². The number of rotatable bonds is 3. The first kappa shape index (κ1) is 13.1. The van der Waals surface area contributed by atoms with Gasteiger partial charge in [-0.05, 0) is 31.9 Å². The van der Waals surface area contributed by atoms with Crippen molar-refractivity contribution in [1.82, 2.24) is 19.7 Å². The second kappa shape index (κ2) is 5.25. The predicted molar refractivity (Wildman–Crippen MR) is 77.8 cm³/mol. The van der Waals surface area contributed by atoms with Crippen molar-refractivity contribution in [3.8, 4) is 0 Å². The summed E-state index contributed by atoms with van der Waals surface area (Å²) >= 11 is 0. The number of hydrogen-bond donors (Lipinski definition) is 1. The predicted octanol–water partition coefficient (Wildman–Crippen LogP) is 1.23. The van der Waals surface area contributed by atoms with Crippen molar-refractivity contribution in [3.05, 3.63) is 51.7 Å². The molecule has 1 N–H and O–H groups in total. The van der Waals surface area contributed by atoms with Crippen molar-refractivity contribution < 1.29 is 0 Å². The average Bonchev–Trinajstić information content (AvgIpc) is 2.86. The highest BCUT2D eigenvalue weighted by Crippen LogP contribution is 2.28. The van der Waals surface area contributed by atoms with Crippen molar-refractivity contribution in [3.63, 3.8) is 0 Å². The molecule has 0 radical (unpaired) electrons. The molecule has 1 atom stereocenters. The van der Waals surface area contributed by atoms with Crippen LogP contribution in [0.2, 0.25) is 0 Å². The van der Waals surface area contributed by atoms with Gasteiger partial charge in [0.15, 0.2) is 0 Å². The first-order chi connectivity index (χ1) is 9.69. The minimum Gasteiger partial charge on any atom is -0.313 e. The van der Waals surface area contributed by atoms with E-state index in [4.69, 9.17) is 0 Å². The lowest BCUT2D eigenvalue weighted by Crippen LogP contribution is -2.30. The summed E-state index contributed by atoms with van der Waals surface area (Å²) in [5, 5.41) is 7.52. The Hall–Kier alpha value is -1.88. The van der Waals surface area contributed by atoms with Gasteiger partial charge in [-0.2, -0.15) is 5.10 Å². The summed E-state index contributed by atoms with van der Waals surface area (Å²) in [6.45, 7) is 0.603. The maximum absolute atomic E-state index is 12.2. The number of aryl methyl sites for hydroxylation is 1. The van der Waals surface area contributed by atoms with Gasteiger partial charge in [0.05, 0.1) is 12.7 Å². The van der Waals surface area contributed by atoms with Crippen molar-refractivity contribution in [2.75, 3.05) is 7.05 Å². The van der Waals surface area contributed by atoms with Crippen molar-refractivity contribution in [2.24, 2.45) is 7.05 Å². The summed E-state index contributed by atoms with van der Waals surface area (Å²) in [7, 11) is 3.88. The maximum Gasteiger partial charge on any atom is 0.251 e. The highest BCUT2D eigenvalue weighted by atomic mass is 16.1. The molecule has 5 nitrogen and oxygen atoms in total. The van der Waals surface area contributed by atoms with Crippen molar-refractivity contribution >= 4 is 0 Å². The van der Waals surface area contributed by atoms with Crippen LogP contribution in [0.25, 0.3) is 0 Å². The molecule has 0 spiro atoms. The number of nitrogens with one attached hydrogen (secondary N) is 1. The van der Waals surface area contributed by atoms with Gasteiger partial charge in [-0.3, -0.25) is 9.48 Å². The molecule has 2 heterocycles. The Morgan fingerprint density at radius 2 is 2.30 bits per heavy atom. The second-order valence-corrected chi connectivity index (χ2v) is 5.42. The zero-order valence-electron chi connectivity index (χ0n) is 12.0. The van der Waals surface area contributed by atoms with Crippen LogP contribution in [-0.4, -0.2) is 21.4 Å². The van der Waals surface area contributed by atoms with E-state index in [0.29, 0.717) is 12.6 Å². The van der Waals surface area contributed by atoms with E-state index >= 15 is 0 Å². The molecule has 5 heteroatoms. The van der Waals surface area contributed by atoms with Crippen LogP contribution in [0.3, 0.4) is 0 Å². The Bertz CT molecular complexity index is 671. The first-order valence-electron chi connectivity index (χ1n) is 7.06. The van der Waals surface area contributed by atoms with Gasteiger partial charge in [0.2, 0.25) is 0 Å². The van der Waals surface area contributed by atoms with Crippen LogP contribution in [0.1, 0.15) is 35.7 Å². The summed E-state index contributed by atoms with van der Waals surface area (Å²) in [5.41, 5.74) is 3.58. The van der Waals surface area contributed by atoms with Gasteiger partial charge in [-0.25, -0.2) is 0 Å². The van der Waals surface area contributed by atoms with E-state index in [0.717, 1.165) is 24.8 Å². The molecule has 0 bridgehead atoms. The zero-order chi connectivity index (χ0) is 14.1. The van der Waals surface area contributed by atoms with E-state index in [1.165, 1.54) is 11.3 Å². The van der Waals surface area contributed by atoms with Gasteiger partial charge < -0.3 is 9.88 Å². The second-order valence-electron chi connectivity index (χ2n) is 5.42. The Morgan fingerprint density at radius 3 is 3.00 bits per heavy atom. The Morgan fingerprint density at radius 1 is 1.45 bits per heavy atom. The van der Waals surface area contributed by atoms with Crippen molar-refractivity contribution in [1.29, 1.82) is 0 Å². The Kier molecular flexibility index (Phi) is 3.44. The molecule has 1 unspecified atom stereocenters. The lowest BCUT2D eigenvalue weighted by Gasteiger charge is -2.27. The molecule has 106 valence electrons. The monoisotopic (exact) mass is 272 g/mol. The molecule has 1 aliphatic carbocycles. The van der Waals surface area contributed by atoms with Crippen LogP contribution < -0.4 is 10.9 Å². The molecule has 0 saturated carbocycles. The summed E-state index contributed by atoms with van der Waals surface area (Å²) in [6, 6.07) is 4.03. The van der Waals surface area contributed by atoms with E-state index < -0.39 is 0 Å². The fraction of sp³-hybridized carbons (Fsp3) is 0.467. The van der Waals surface area contributed by atoms with E-state index in [9.17, 15) is 4.79 Å². The Balaban J connectivity index is 2.04. The highest BCUT2D eigenvalue weighted by Gasteiger charge is 2.21. The van der Waals surface area contributed by atoms with Crippen LogP contribution >= 0.6 is 0 Å². The molecular formula is C15H20N4O. The summed E-state index contributed by atoms with van der Waals surface area (Å²) in [4.78, 5) is 12.2. The smallest absolute Gasteiger partial charge is 0.251 e. The molecule has 0 aliphatic heterocycles. The number of nitrogens with zero attached hydrogens (tertiary/aromatic N) is 3. The van der Waals surface area contributed by atoms with Crippen molar-refractivity contribution in [2.45, 2.75) is 31.8 Å². The zero-order valence-corrected chi connectivity index (χ0v) is 12.0. The first-order valence-corrected chi connectivity index (χ1v) is 7.06. The van der Waals surface area contributed by atoms with Gasteiger partial charge in [0, 0.05) is 36.6 Å². The molecule has 2 aromatic heterocycles. The number of aromatic nitrogens is 3. The molecule has 0 amide bonds. The molecule has 0 fully saturated rings. The van der Waals surface area contributed by atoms with Gasteiger partial charge in [0.25, 0.3) is 5.56 Å². The molecule has 1 aliphatic rings. The molecule has 2 aromatic rings. The standard InChI is InChI=1S/C15H20N4O/c1-16-13-4-3-5-14-12(13)6-7-15(20)19(14)10-11-8-17-18(2)9-11/h6-9,13,16H,3-5,10H2,1-2H3. The third kappa shape index (κ3) is 2.29. The number of pyridine rings is 1. The maximum atomic E-state index is 12.2. The fourth-order valence-electron chi connectivity index (χ4n) is 3.07. The van der Waals surface area contributed by atoms with Gasteiger partial charge in [-0.15, -0.1) is 0 Å². The normalized spacial score (nSPS) is 18.0. The van der Waals surface area contributed by atoms with E-state index in [2.05, 4.69) is 10.4 Å². The molecule has 20 heavy (non-hydrogen) atoms. The Labute approximate surface area is 118 Å². The number of fused-ring (bicyclic) bond motifs is 1. The van der Waals surface area contributed by atoms with E-state index in [1.54, 1.807) is 10.7 Å². The lowest BCUT2D eigenvalue weighted by molar-refractivity contribution is 0.473. The highest BCUT2D eigenvalue weighted by molar-refractivity contribution is 5.28. The molecule has 3 rings (SSSR count). The van der Waals surface area contributed by atoms with Gasteiger partial charge in [0.1, 0.15) is 0 Å². The number of hydrogen-bond acceptors (Lipinski definition) is 3. The molecular weight excluding hydrogens is 252 g/mol. The van der Waals surface area contributed by atoms with Crippen LogP contribution in [0.5, 0.6) is 0 Å². The summed E-state index contributed by atoms with van der Waals surface area (Å²) in [5.74, 6) is 0. The van der Waals surface area contributed by atoms with E-state index in [-0.39, 0.29) is 5.56 Å². The summed E-state index contributed by atoms with van der Waals surface area (Å²) < 4.78 is 3.67.